The summed E-state index contributed by atoms with van der Waals surface area (Å²) in [7, 11) is 0. The Kier molecular flexibility index (Phi) is 5.32. The maximum absolute atomic E-state index is 10.5. The average Bonchev–Trinajstić information content (AvgIpc) is 1.89. The summed E-state index contributed by atoms with van der Waals surface area (Å²) in [6.07, 6.45) is 4.00. The van der Waals surface area contributed by atoms with Crippen LogP contribution in [0.5, 0.6) is 0 Å². The van der Waals surface area contributed by atoms with E-state index in [0.29, 0.717) is 0 Å². The number of hydrogen-bond donors (Lipinski definition) is 0. The van der Waals surface area contributed by atoms with Crippen LogP contribution in [0.1, 0.15) is 6.42 Å². The molecule has 0 aromatic carbocycles. The molecule has 0 spiro atoms. The van der Waals surface area contributed by atoms with Crippen molar-refractivity contribution in [2.24, 2.45) is 0 Å². The van der Waals surface area contributed by atoms with Gasteiger partial charge in [-0.15, -0.1) is 6.58 Å². The Bertz CT molecular complexity index is 118. The highest BCUT2D eigenvalue weighted by molar-refractivity contribution is 8.14. The van der Waals surface area contributed by atoms with E-state index < -0.39 is 0 Å². The summed E-state index contributed by atoms with van der Waals surface area (Å²) in [5.74, 6) is 0.814. The van der Waals surface area contributed by atoms with Crippen molar-refractivity contribution in [1.29, 1.82) is 0 Å². The van der Waals surface area contributed by atoms with E-state index in [-0.39, 0.29) is 5.12 Å². The second kappa shape index (κ2) is 5.63. The zero-order valence-corrected chi connectivity index (χ0v) is 6.12. The van der Waals surface area contributed by atoms with E-state index in [1.807, 2.05) is 0 Å². The van der Waals surface area contributed by atoms with Crippen molar-refractivity contribution in [3.63, 3.8) is 0 Å². The van der Waals surface area contributed by atoms with E-state index in [1.54, 1.807) is 6.08 Å². The fraction of sp³-hybridized carbons (Fsp3) is 0.286. The van der Waals surface area contributed by atoms with Crippen molar-refractivity contribution < 1.29 is 4.79 Å². The third-order valence-corrected chi connectivity index (χ3v) is 1.62. The Morgan fingerprint density at radius 1 is 1.56 bits per heavy atom. The van der Waals surface area contributed by atoms with Gasteiger partial charge in [0.15, 0.2) is 0 Å². The van der Waals surface area contributed by atoms with Crippen LogP contribution in [0.2, 0.25) is 0 Å². The van der Waals surface area contributed by atoms with Gasteiger partial charge in [-0.05, 0) is 12.5 Å². The molecule has 0 saturated carbocycles. The molecular weight excluding hydrogens is 132 g/mol. The largest absolute Gasteiger partial charge is 0.282 e. The van der Waals surface area contributed by atoms with Gasteiger partial charge in [-0.1, -0.05) is 24.4 Å². The lowest BCUT2D eigenvalue weighted by Gasteiger charge is -1.89. The van der Waals surface area contributed by atoms with Crippen molar-refractivity contribution in [1.82, 2.24) is 0 Å². The van der Waals surface area contributed by atoms with E-state index in [4.69, 9.17) is 0 Å². The summed E-state index contributed by atoms with van der Waals surface area (Å²) in [4.78, 5) is 10.5. The Morgan fingerprint density at radius 3 is 2.67 bits per heavy atom. The van der Waals surface area contributed by atoms with Crippen molar-refractivity contribution in [2.75, 3.05) is 5.75 Å². The molecule has 0 atom stereocenters. The van der Waals surface area contributed by atoms with Crippen LogP contribution in [0.25, 0.3) is 0 Å². The van der Waals surface area contributed by atoms with Gasteiger partial charge in [0.2, 0.25) is 5.12 Å². The SMILES string of the molecule is C=CCCSC(=O)C=C. The standard InChI is InChI=1S/C7H10OS/c1-3-5-6-9-7(8)4-2/h3-4H,1-2,5-6H2. The fourth-order valence-corrected chi connectivity index (χ4v) is 0.905. The van der Waals surface area contributed by atoms with Gasteiger partial charge in [-0.25, -0.2) is 0 Å². The first-order chi connectivity index (χ1) is 4.31. The van der Waals surface area contributed by atoms with Crippen molar-refractivity contribution in [3.05, 3.63) is 25.3 Å². The Morgan fingerprint density at radius 2 is 2.22 bits per heavy atom. The Labute approximate surface area is 59.8 Å². The van der Waals surface area contributed by atoms with Crippen LogP contribution in [-0.4, -0.2) is 10.9 Å². The zero-order valence-electron chi connectivity index (χ0n) is 5.30. The number of allylic oxidation sites excluding steroid dienone is 1. The molecule has 0 amide bonds. The van der Waals surface area contributed by atoms with Crippen molar-refractivity contribution in [2.45, 2.75) is 6.42 Å². The lowest BCUT2D eigenvalue weighted by Crippen LogP contribution is -1.84. The number of rotatable bonds is 4. The second-order valence-electron chi connectivity index (χ2n) is 1.45. The average molecular weight is 142 g/mol. The Balaban J connectivity index is 3.16. The third kappa shape index (κ3) is 5.37. The quantitative estimate of drug-likeness (QED) is 0.339. The highest BCUT2D eigenvalue weighted by Gasteiger charge is 1.91. The summed E-state index contributed by atoms with van der Waals surface area (Å²) < 4.78 is 0. The van der Waals surface area contributed by atoms with E-state index in [0.717, 1.165) is 12.2 Å². The minimum absolute atomic E-state index is 0.0388. The summed E-state index contributed by atoms with van der Waals surface area (Å²) in [5, 5.41) is 0.0388. The van der Waals surface area contributed by atoms with Crippen LogP contribution in [0, 0.1) is 0 Å². The minimum atomic E-state index is 0.0388. The van der Waals surface area contributed by atoms with Gasteiger partial charge >= 0.3 is 0 Å². The summed E-state index contributed by atoms with van der Waals surface area (Å²) in [6.45, 7) is 6.88. The van der Waals surface area contributed by atoms with Crippen LogP contribution >= 0.6 is 11.8 Å². The molecule has 0 unspecified atom stereocenters. The van der Waals surface area contributed by atoms with Gasteiger partial charge in [0, 0.05) is 5.75 Å². The molecule has 0 N–H and O–H groups in total. The molecule has 9 heavy (non-hydrogen) atoms. The molecule has 50 valence electrons. The first-order valence-electron chi connectivity index (χ1n) is 2.71. The summed E-state index contributed by atoms with van der Waals surface area (Å²) in [6, 6.07) is 0. The van der Waals surface area contributed by atoms with Gasteiger partial charge in [-0.2, -0.15) is 0 Å². The normalized spacial score (nSPS) is 8.44. The van der Waals surface area contributed by atoms with Gasteiger partial charge in [-0.3, -0.25) is 4.79 Å². The molecule has 0 heterocycles. The summed E-state index contributed by atoms with van der Waals surface area (Å²) in [5.41, 5.74) is 0. The third-order valence-electron chi connectivity index (χ3n) is 0.733. The smallest absolute Gasteiger partial charge is 0.211 e. The number of carbonyl (C=O) groups excluding carboxylic acids is 1. The predicted molar refractivity (Wildman–Crippen MR) is 42.5 cm³/mol. The van der Waals surface area contributed by atoms with Crippen LogP contribution < -0.4 is 0 Å². The lowest BCUT2D eigenvalue weighted by atomic mass is 10.5. The molecule has 0 saturated heterocycles. The molecule has 0 aromatic rings. The predicted octanol–water partition coefficient (Wildman–Crippen LogP) is 2.01. The van der Waals surface area contributed by atoms with Gasteiger partial charge in [0.25, 0.3) is 0 Å². The van der Waals surface area contributed by atoms with E-state index in [9.17, 15) is 4.79 Å². The molecule has 0 fully saturated rings. The van der Waals surface area contributed by atoms with Crippen LogP contribution in [0.4, 0.5) is 0 Å². The molecule has 0 rings (SSSR count). The molecule has 0 radical (unpaired) electrons. The molecule has 2 heteroatoms. The van der Waals surface area contributed by atoms with E-state index in [2.05, 4.69) is 13.2 Å². The molecule has 0 aromatic heterocycles. The number of thioether (sulfide) groups is 1. The van der Waals surface area contributed by atoms with Crippen molar-refractivity contribution in [3.8, 4) is 0 Å². The number of hydrogen-bond acceptors (Lipinski definition) is 2. The van der Waals surface area contributed by atoms with Crippen molar-refractivity contribution >= 4 is 16.9 Å². The Hall–Kier alpha value is -0.500. The van der Waals surface area contributed by atoms with Gasteiger partial charge < -0.3 is 0 Å². The first kappa shape index (κ1) is 8.50. The van der Waals surface area contributed by atoms with E-state index >= 15 is 0 Å². The maximum atomic E-state index is 10.5. The molecule has 0 bridgehead atoms. The maximum Gasteiger partial charge on any atom is 0.211 e. The van der Waals surface area contributed by atoms with Gasteiger partial charge in [0.1, 0.15) is 0 Å². The van der Waals surface area contributed by atoms with E-state index in [1.165, 1.54) is 17.8 Å². The highest BCUT2D eigenvalue weighted by Crippen LogP contribution is 2.03. The first-order valence-corrected chi connectivity index (χ1v) is 3.70. The topological polar surface area (TPSA) is 17.1 Å². The molecule has 0 aliphatic carbocycles. The molecule has 0 aliphatic rings. The minimum Gasteiger partial charge on any atom is -0.282 e. The van der Waals surface area contributed by atoms with Crippen LogP contribution in [0.3, 0.4) is 0 Å². The lowest BCUT2D eigenvalue weighted by molar-refractivity contribution is -0.107. The zero-order chi connectivity index (χ0) is 7.11. The second-order valence-corrected chi connectivity index (χ2v) is 2.55. The fourth-order valence-electron chi connectivity index (χ4n) is 0.302. The number of carbonyl (C=O) groups is 1. The monoisotopic (exact) mass is 142 g/mol. The highest BCUT2D eigenvalue weighted by atomic mass is 32.2. The molecule has 0 aliphatic heterocycles. The van der Waals surface area contributed by atoms with Crippen LogP contribution in [0.15, 0.2) is 25.3 Å². The van der Waals surface area contributed by atoms with Crippen LogP contribution in [-0.2, 0) is 4.79 Å². The molecular formula is C7H10OS. The molecule has 1 nitrogen and oxygen atoms in total. The van der Waals surface area contributed by atoms with Gasteiger partial charge in [0.05, 0.1) is 0 Å². The summed E-state index contributed by atoms with van der Waals surface area (Å²) >= 11 is 1.27.